The molecule has 0 aliphatic heterocycles. The molecule has 0 bridgehead atoms. The topological polar surface area (TPSA) is 38.7 Å². The number of pyridine rings is 1. The second-order valence-corrected chi connectivity index (χ2v) is 5.33. The molecule has 2 heterocycles. The van der Waals surface area contributed by atoms with E-state index in [0.717, 1.165) is 5.56 Å². The molecular formula is C15H8Cl3N3. The molecule has 3 rings (SSSR count). The molecule has 3 nitrogen and oxygen atoms in total. The second kappa shape index (κ2) is 5.98. The predicted octanol–water partition coefficient (Wildman–Crippen LogP) is 5.17. The largest absolute Gasteiger partial charge is 0.251 e. The summed E-state index contributed by atoms with van der Waals surface area (Å²) in [6.45, 7) is 0. The highest BCUT2D eigenvalue weighted by atomic mass is 35.5. The van der Waals surface area contributed by atoms with Crippen LogP contribution < -0.4 is 0 Å². The first-order valence-electron chi connectivity index (χ1n) is 6.06. The van der Waals surface area contributed by atoms with Crippen LogP contribution in [0.5, 0.6) is 0 Å². The molecule has 1 aromatic carbocycles. The summed E-state index contributed by atoms with van der Waals surface area (Å²) in [6.07, 6.45) is 1.61. The summed E-state index contributed by atoms with van der Waals surface area (Å²) in [5.74, 6) is 0.301. The van der Waals surface area contributed by atoms with Crippen molar-refractivity contribution in [1.29, 1.82) is 0 Å². The molecule has 0 aliphatic carbocycles. The number of hydrogen-bond donors (Lipinski definition) is 0. The molecule has 0 fully saturated rings. The number of hydrogen-bond acceptors (Lipinski definition) is 3. The molecule has 0 aliphatic rings. The molecule has 0 N–H and O–H groups in total. The van der Waals surface area contributed by atoms with Gasteiger partial charge in [-0.3, -0.25) is 4.98 Å². The van der Waals surface area contributed by atoms with Crippen LogP contribution in [-0.2, 0) is 0 Å². The SMILES string of the molecule is Clc1cccnc1-c1nc(Cl)c(-c2ccccc2)c(Cl)n1. The van der Waals surface area contributed by atoms with Crippen molar-refractivity contribution in [2.45, 2.75) is 0 Å². The van der Waals surface area contributed by atoms with Crippen LogP contribution >= 0.6 is 34.8 Å². The predicted molar refractivity (Wildman–Crippen MR) is 85.7 cm³/mol. The van der Waals surface area contributed by atoms with Gasteiger partial charge in [0.1, 0.15) is 16.0 Å². The zero-order valence-electron chi connectivity index (χ0n) is 10.6. The van der Waals surface area contributed by atoms with E-state index in [9.17, 15) is 0 Å². The van der Waals surface area contributed by atoms with E-state index in [1.807, 2.05) is 30.3 Å². The molecule has 3 aromatic rings. The number of rotatable bonds is 2. The van der Waals surface area contributed by atoms with Gasteiger partial charge in [-0.05, 0) is 17.7 Å². The minimum atomic E-state index is 0.262. The van der Waals surface area contributed by atoms with Crippen molar-refractivity contribution >= 4 is 34.8 Å². The maximum Gasteiger partial charge on any atom is 0.182 e. The van der Waals surface area contributed by atoms with Crippen LogP contribution in [0, 0.1) is 0 Å². The van der Waals surface area contributed by atoms with Crippen molar-refractivity contribution in [3.05, 3.63) is 64.0 Å². The van der Waals surface area contributed by atoms with E-state index in [4.69, 9.17) is 34.8 Å². The fourth-order valence-electron chi connectivity index (χ4n) is 1.91. The van der Waals surface area contributed by atoms with Gasteiger partial charge in [0.05, 0.1) is 10.6 Å². The van der Waals surface area contributed by atoms with E-state index in [-0.39, 0.29) is 10.3 Å². The molecule has 0 radical (unpaired) electrons. The summed E-state index contributed by atoms with van der Waals surface area (Å²) in [5, 5.41) is 0.966. The van der Waals surface area contributed by atoms with Gasteiger partial charge < -0.3 is 0 Å². The van der Waals surface area contributed by atoms with E-state index in [1.54, 1.807) is 18.3 Å². The van der Waals surface area contributed by atoms with Crippen LogP contribution in [0.15, 0.2) is 48.7 Å². The highest BCUT2D eigenvalue weighted by Crippen LogP contribution is 2.34. The summed E-state index contributed by atoms with van der Waals surface area (Å²) >= 11 is 18.6. The average molecular weight is 337 g/mol. The lowest BCUT2D eigenvalue weighted by molar-refractivity contribution is 1.14. The van der Waals surface area contributed by atoms with Crippen molar-refractivity contribution in [2.24, 2.45) is 0 Å². The van der Waals surface area contributed by atoms with Crippen molar-refractivity contribution in [3.8, 4) is 22.6 Å². The van der Waals surface area contributed by atoms with E-state index in [1.165, 1.54) is 0 Å². The number of nitrogens with zero attached hydrogens (tertiary/aromatic N) is 3. The lowest BCUT2D eigenvalue weighted by atomic mass is 10.1. The van der Waals surface area contributed by atoms with Gasteiger partial charge in [0.15, 0.2) is 5.82 Å². The number of aromatic nitrogens is 3. The third-order valence-corrected chi connectivity index (χ3v) is 3.71. The van der Waals surface area contributed by atoms with Gasteiger partial charge in [0.25, 0.3) is 0 Å². The third kappa shape index (κ3) is 2.86. The van der Waals surface area contributed by atoms with Gasteiger partial charge in [-0.2, -0.15) is 0 Å². The molecule has 0 saturated carbocycles. The molecule has 6 heteroatoms. The standard InChI is InChI=1S/C15H8Cl3N3/c16-10-7-4-8-19-12(10)15-20-13(17)11(14(18)21-15)9-5-2-1-3-6-9/h1-8H. The van der Waals surface area contributed by atoms with Crippen molar-refractivity contribution < 1.29 is 0 Å². The third-order valence-electron chi connectivity index (χ3n) is 2.85. The molecule has 21 heavy (non-hydrogen) atoms. The van der Waals surface area contributed by atoms with Gasteiger partial charge in [-0.1, -0.05) is 65.1 Å². The molecule has 0 spiro atoms. The summed E-state index contributed by atoms with van der Waals surface area (Å²) in [5.41, 5.74) is 1.89. The fraction of sp³-hybridized carbons (Fsp3) is 0. The minimum absolute atomic E-state index is 0.262. The Morgan fingerprint density at radius 1 is 0.762 bits per heavy atom. The Hall–Kier alpha value is -1.68. The van der Waals surface area contributed by atoms with Gasteiger partial charge in [0.2, 0.25) is 0 Å². The maximum atomic E-state index is 6.27. The zero-order valence-corrected chi connectivity index (χ0v) is 12.9. The van der Waals surface area contributed by atoms with Gasteiger partial charge >= 0.3 is 0 Å². The molecule has 104 valence electrons. The molecule has 0 atom stereocenters. The Kier molecular flexibility index (Phi) is 4.06. The Bertz CT molecular complexity index is 768. The van der Waals surface area contributed by atoms with E-state index in [2.05, 4.69) is 15.0 Å². The van der Waals surface area contributed by atoms with Crippen molar-refractivity contribution in [3.63, 3.8) is 0 Å². The summed E-state index contributed by atoms with van der Waals surface area (Å²) in [7, 11) is 0. The molecule has 2 aromatic heterocycles. The Morgan fingerprint density at radius 3 is 2.05 bits per heavy atom. The van der Waals surface area contributed by atoms with E-state index < -0.39 is 0 Å². The van der Waals surface area contributed by atoms with Crippen LogP contribution in [0.2, 0.25) is 15.3 Å². The van der Waals surface area contributed by atoms with Crippen LogP contribution in [-0.4, -0.2) is 15.0 Å². The first-order chi connectivity index (χ1) is 10.2. The Morgan fingerprint density at radius 2 is 1.43 bits per heavy atom. The summed E-state index contributed by atoms with van der Waals surface area (Å²) < 4.78 is 0. The maximum absolute atomic E-state index is 6.27. The lowest BCUT2D eigenvalue weighted by Crippen LogP contribution is -1.96. The fourth-order valence-corrected chi connectivity index (χ4v) is 2.72. The van der Waals surface area contributed by atoms with Crippen LogP contribution in [0.3, 0.4) is 0 Å². The molecule has 0 amide bonds. The van der Waals surface area contributed by atoms with Gasteiger partial charge in [0, 0.05) is 6.20 Å². The van der Waals surface area contributed by atoms with Crippen LogP contribution in [0.1, 0.15) is 0 Å². The zero-order chi connectivity index (χ0) is 14.8. The molecule has 0 unspecified atom stereocenters. The Labute approximate surface area is 136 Å². The van der Waals surface area contributed by atoms with E-state index >= 15 is 0 Å². The van der Waals surface area contributed by atoms with E-state index in [0.29, 0.717) is 22.1 Å². The van der Waals surface area contributed by atoms with Gasteiger partial charge in [-0.15, -0.1) is 0 Å². The molecular weight excluding hydrogens is 329 g/mol. The number of halogens is 3. The highest BCUT2D eigenvalue weighted by Gasteiger charge is 2.16. The summed E-state index contributed by atoms with van der Waals surface area (Å²) in [6, 6.07) is 12.9. The van der Waals surface area contributed by atoms with Crippen LogP contribution in [0.25, 0.3) is 22.6 Å². The van der Waals surface area contributed by atoms with Crippen LogP contribution in [0.4, 0.5) is 0 Å². The Balaban J connectivity index is 2.15. The normalized spacial score (nSPS) is 10.6. The monoisotopic (exact) mass is 335 g/mol. The van der Waals surface area contributed by atoms with Crippen molar-refractivity contribution in [2.75, 3.05) is 0 Å². The lowest BCUT2D eigenvalue weighted by Gasteiger charge is -2.08. The highest BCUT2D eigenvalue weighted by molar-refractivity contribution is 6.38. The molecule has 0 saturated heterocycles. The van der Waals surface area contributed by atoms with Gasteiger partial charge in [-0.25, -0.2) is 9.97 Å². The smallest absolute Gasteiger partial charge is 0.182 e. The summed E-state index contributed by atoms with van der Waals surface area (Å²) in [4.78, 5) is 12.7. The quantitative estimate of drug-likeness (QED) is 0.606. The first-order valence-corrected chi connectivity index (χ1v) is 7.19. The average Bonchev–Trinajstić information content (AvgIpc) is 2.48. The second-order valence-electron chi connectivity index (χ2n) is 4.20. The number of benzene rings is 1. The minimum Gasteiger partial charge on any atom is -0.251 e. The first kappa shape index (κ1) is 14.3. The van der Waals surface area contributed by atoms with Crippen molar-refractivity contribution in [1.82, 2.24) is 15.0 Å².